The maximum atomic E-state index is 12.5. The van der Waals surface area contributed by atoms with Crippen LogP contribution in [0.15, 0.2) is 21.5 Å². The lowest BCUT2D eigenvalue weighted by Crippen LogP contribution is -2.33. The van der Waals surface area contributed by atoms with E-state index in [1.807, 2.05) is 13.0 Å². The van der Waals surface area contributed by atoms with Crippen molar-refractivity contribution in [2.45, 2.75) is 57.5 Å². The zero-order chi connectivity index (χ0) is 15.3. The lowest BCUT2D eigenvalue weighted by molar-refractivity contribution is 0.533. The number of nitrogens with two attached hydrogens (primary N) is 1. The highest BCUT2D eigenvalue weighted by Crippen LogP contribution is 2.26. The van der Waals surface area contributed by atoms with Gasteiger partial charge >= 0.3 is 0 Å². The van der Waals surface area contributed by atoms with E-state index in [-0.39, 0.29) is 6.04 Å². The minimum Gasteiger partial charge on any atom is -0.326 e. The molecule has 0 saturated carbocycles. The van der Waals surface area contributed by atoms with Crippen molar-refractivity contribution in [3.05, 3.63) is 27.7 Å². The van der Waals surface area contributed by atoms with Crippen molar-refractivity contribution in [1.82, 2.24) is 4.72 Å². The third-order valence-electron chi connectivity index (χ3n) is 3.23. The summed E-state index contributed by atoms with van der Waals surface area (Å²) in [6, 6.07) is 3.43. The number of unbranched alkanes of at least 4 members (excludes halogenated alkanes) is 1. The molecule has 1 rings (SSSR count). The lowest BCUT2D eigenvalue weighted by Gasteiger charge is -2.16. The molecule has 1 unspecified atom stereocenters. The molecule has 0 aliphatic heterocycles. The van der Waals surface area contributed by atoms with E-state index in [0.717, 1.165) is 29.3 Å². The summed E-state index contributed by atoms with van der Waals surface area (Å²) in [5, 5.41) is 0. The smallest absolute Gasteiger partial charge is 0.241 e. The molecule has 0 saturated heterocycles. The Balaban J connectivity index is 3.06. The molecule has 6 heteroatoms. The van der Waals surface area contributed by atoms with E-state index in [1.54, 1.807) is 13.0 Å². The van der Waals surface area contributed by atoms with Crippen molar-refractivity contribution < 1.29 is 8.42 Å². The first-order chi connectivity index (χ1) is 9.31. The minimum atomic E-state index is -3.51. The molecule has 0 bridgehead atoms. The molecular weight excluding hydrogens is 340 g/mol. The van der Waals surface area contributed by atoms with Gasteiger partial charge in [-0.1, -0.05) is 35.7 Å². The maximum Gasteiger partial charge on any atom is 0.241 e. The molecule has 1 aromatic rings. The van der Waals surface area contributed by atoms with Gasteiger partial charge < -0.3 is 5.73 Å². The van der Waals surface area contributed by atoms with Crippen molar-refractivity contribution in [3.8, 4) is 0 Å². The van der Waals surface area contributed by atoms with Crippen molar-refractivity contribution in [1.29, 1.82) is 0 Å². The Morgan fingerprint density at radius 2 is 2.05 bits per heavy atom. The molecule has 20 heavy (non-hydrogen) atoms. The highest BCUT2D eigenvalue weighted by molar-refractivity contribution is 9.10. The van der Waals surface area contributed by atoms with Gasteiger partial charge in [-0.3, -0.25) is 0 Å². The molecular formula is C14H23BrN2O2S. The topological polar surface area (TPSA) is 72.2 Å². The number of benzene rings is 1. The molecule has 0 aliphatic rings. The largest absolute Gasteiger partial charge is 0.326 e. The van der Waals surface area contributed by atoms with Gasteiger partial charge in [-0.15, -0.1) is 0 Å². The van der Waals surface area contributed by atoms with Gasteiger partial charge in [0.15, 0.2) is 0 Å². The van der Waals surface area contributed by atoms with Gasteiger partial charge in [0.05, 0.1) is 4.90 Å². The van der Waals surface area contributed by atoms with E-state index in [4.69, 9.17) is 5.73 Å². The van der Waals surface area contributed by atoms with Gasteiger partial charge in [0.25, 0.3) is 0 Å². The third-order valence-corrected chi connectivity index (χ3v) is 5.77. The van der Waals surface area contributed by atoms with Crippen molar-refractivity contribution in [3.63, 3.8) is 0 Å². The normalized spacial score (nSPS) is 13.4. The SMILES string of the molecule is CCCCC(C)NS(=O)(=O)c1cc(CN)cc(Br)c1C. The van der Waals surface area contributed by atoms with Crippen molar-refractivity contribution in [2.75, 3.05) is 0 Å². The summed E-state index contributed by atoms with van der Waals surface area (Å²) >= 11 is 3.39. The second kappa shape index (κ2) is 7.54. The molecule has 1 atom stereocenters. The first-order valence-electron chi connectivity index (χ1n) is 6.83. The van der Waals surface area contributed by atoms with Crippen LogP contribution in [0, 0.1) is 6.92 Å². The van der Waals surface area contributed by atoms with E-state index in [1.165, 1.54) is 0 Å². The minimum absolute atomic E-state index is 0.0698. The standard InChI is InChI=1S/C14H23BrN2O2S/c1-4-5-6-10(2)17-20(18,19)14-8-12(9-16)7-13(15)11(14)3/h7-8,10,17H,4-6,9,16H2,1-3H3. The predicted octanol–water partition coefficient (Wildman–Crippen LogP) is 3.07. The number of nitrogens with one attached hydrogen (secondary N) is 1. The van der Waals surface area contributed by atoms with Gasteiger partial charge in [-0.2, -0.15) is 0 Å². The molecule has 0 radical (unpaired) electrons. The zero-order valence-electron chi connectivity index (χ0n) is 12.2. The van der Waals surface area contributed by atoms with Crippen LogP contribution in [0.25, 0.3) is 0 Å². The van der Waals surface area contributed by atoms with Crippen LogP contribution in [-0.2, 0) is 16.6 Å². The third kappa shape index (κ3) is 4.55. The van der Waals surface area contributed by atoms with Gasteiger partial charge in [0.2, 0.25) is 10.0 Å². The van der Waals surface area contributed by atoms with E-state index in [9.17, 15) is 8.42 Å². The number of rotatable bonds is 7. The van der Waals surface area contributed by atoms with Crippen molar-refractivity contribution in [2.24, 2.45) is 5.73 Å². The second-order valence-corrected chi connectivity index (χ2v) is 7.61. The molecule has 0 fully saturated rings. The van der Waals surface area contributed by atoms with Crippen LogP contribution < -0.4 is 10.5 Å². The molecule has 0 aliphatic carbocycles. The highest BCUT2D eigenvalue weighted by atomic mass is 79.9. The first-order valence-corrected chi connectivity index (χ1v) is 9.10. The second-order valence-electron chi connectivity index (χ2n) is 5.07. The Kier molecular flexibility index (Phi) is 6.64. The summed E-state index contributed by atoms with van der Waals surface area (Å²) < 4.78 is 28.5. The average molecular weight is 363 g/mol. The van der Waals surface area contributed by atoms with Gasteiger partial charge in [0, 0.05) is 17.1 Å². The molecule has 1 aromatic carbocycles. The predicted molar refractivity (Wildman–Crippen MR) is 86.1 cm³/mol. The van der Waals surface area contributed by atoms with E-state index < -0.39 is 10.0 Å². The fourth-order valence-corrected chi connectivity index (χ4v) is 4.23. The van der Waals surface area contributed by atoms with Crippen LogP contribution >= 0.6 is 15.9 Å². The number of hydrogen-bond donors (Lipinski definition) is 2. The Bertz CT molecular complexity index is 559. The van der Waals surface area contributed by atoms with Gasteiger partial charge in [0.1, 0.15) is 0 Å². The van der Waals surface area contributed by atoms with E-state index in [2.05, 4.69) is 27.6 Å². The Morgan fingerprint density at radius 3 is 2.60 bits per heavy atom. The summed E-state index contributed by atoms with van der Waals surface area (Å²) in [5.74, 6) is 0. The van der Waals surface area contributed by atoms with Crippen LogP contribution in [0.4, 0.5) is 0 Å². The first kappa shape index (κ1) is 17.6. The Labute approximate surface area is 130 Å². The molecule has 4 nitrogen and oxygen atoms in total. The van der Waals surface area contributed by atoms with Crippen LogP contribution in [0.5, 0.6) is 0 Å². The monoisotopic (exact) mass is 362 g/mol. The number of halogens is 1. The quantitative estimate of drug-likeness (QED) is 0.782. The molecule has 0 amide bonds. The van der Waals surface area contributed by atoms with Crippen LogP contribution in [-0.4, -0.2) is 14.5 Å². The summed E-state index contributed by atoms with van der Waals surface area (Å²) in [5.41, 5.74) is 7.11. The van der Waals surface area contributed by atoms with E-state index in [0.29, 0.717) is 17.0 Å². The highest BCUT2D eigenvalue weighted by Gasteiger charge is 2.21. The fraction of sp³-hybridized carbons (Fsp3) is 0.571. The molecule has 3 N–H and O–H groups in total. The molecule has 0 heterocycles. The number of sulfonamides is 1. The summed E-state index contributed by atoms with van der Waals surface area (Å²) in [6.07, 6.45) is 2.90. The Morgan fingerprint density at radius 1 is 1.40 bits per heavy atom. The summed E-state index contributed by atoms with van der Waals surface area (Å²) in [7, 11) is -3.51. The van der Waals surface area contributed by atoms with Gasteiger partial charge in [-0.25, -0.2) is 13.1 Å². The van der Waals surface area contributed by atoms with Crippen LogP contribution in [0.3, 0.4) is 0 Å². The maximum absolute atomic E-state index is 12.5. The van der Waals surface area contributed by atoms with Gasteiger partial charge in [-0.05, 0) is 43.5 Å². The zero-order valence-corrected chi connectivity index (χ0v) is 14.6. The van der Waals surface area contributed by atoms with Crippen LogP contribution in [0.2, 0.25) is 0 Å². The molecule has 0 spiro atoms. The fourth-order valence-electron chi connectivity index (χ4n) is 2.00. The lowest BCUT2D eigenvalue weighted by atomic mass is 10.1. The van der Waals surface area contributed by atoms with E-state index >= 15 is 0 Å². The number of hydrogen-bond acceptors (Lipinski definition) is 3. The Hall–Kier alpha value is -0.430. The summed E-state index contributed by atoms with van der Waals surface area (Å²) in [6.45, 7) is 6.08. The van der Waals surface area contributed by atoms with Crippen LogP contribution in [0.1, 0.15) is 44.2 Å². The molecule has 114 valence electrons. The summed E-state index contributed by atoms with van der Waals surface area (Å²) in [4.78, 5) is 0.302. The van der Waals surface area contributed by atoms with Crippen molar-refractivity contribution >= 4 is 26.0 Å². The average Bonchev–Trinajstić information content (AvgIpc) is 2.38. The molecule has 0 aromatic heterocycles.